The lowest BCUT2D eigenvalue weighted by Crippen LogP contribution is -2.39. The summed E-state index contributed by atoms with van der Waals surface area (Å²) in [5, 5.41) is 14.6. The molecule has 0 saturated heterocycles. The predicted octanol–water partition coefficient (Wildman–Crippen LogP) is 2.37. The van der Waals surface area contributed by atoms with Gasteiger partial charge in [-0.3, -0.25) is 9.59 Å². The maximum atomic E-state index is 11.9. The number of amides is 2. The molecule has 22 heavy (non-hydrogen) atoms. The summed E-state index contributed by atoms with van der Waals surface area (Å²) < 4.78 is 5.08. The molecule has 0 bridgehead atoms. The molecule has 0 radical (unpaired) electrons. The van der Waals surface area contributed by atoms with Crippen LogP contribution in [0.3, 0.4) is 0 Å². The highest BCUT2D eigenvalue weighted by Gasteiger charge is 2.21. The minimum absolute atomic E-state index is 0.216. The van der Waals surface area contributed by atoms with Gasteiger partial charge in [-0.25, -0.2) is 0 Å². The Morgan fingerprint density at radius 2 is 2.00 bits per heavy atom. The van der Waals surface area contributed by atoms with Gasteiger partial charge in [0.15, 0.2) is 0 Å². The summed E-state index contributed by atoms with van der Waals surface area (Å²) in [6.45, 7) is -0.412. The average molecular weight is 343 g/mol. The van der Waals surface area contributed by atoms with E-state index in [1.54, 1.807) is 18.2 Å². The van der Waals surface area contributed by atoms with Crippen LogP contribution in [0.1, 0.15) is 11.8 Å². The van der Waals surface area contributed by atoms with Gasteiger partial charge in [-0.2, -0.15) is 0 Å². The van der Waals surface area contributed by atoms with Crippen molar-refractivity contribution in [3.63, 3.8) is 0 Å². The second kappa shape index (κ2) is 7.31. The molecule has 2 rings (SSSR count). The van der Waals surface area contributed by atoms with Crippen molar-refractivity contribution < 1.29 is 19.1 Å². The van der Waals surface area contributed by atoms with Gasteiger partial charge in [0, 0.05) is 5.02 Å². The Bertz CT molecular complexity index is 673. The average Bonchev–Trinajstić information content (AvgIpc) is 3.02. The summed E-state index contributed by atoms with van der Waals surface area (Å²) in [7, 11) is 0. The first-order chi connectivity index (χ1) is 10.5. The molecule has 3 N–H and O–H groups in total. The second-order valence-electron chi connectivity index (χ2n) is 4.30. The van der Waals surface area contributed by atoms with E-state index in [1.165, 1.54) is 18.4 Å². The molecule has 1 aromatic carbocycles. The zero-order chi connectivity index (χ0) is 16.1. The van der Waals surface area contributed by atoms with Crippen LogP contribution >= 0.6 is 23.2 Å². The molecule has 2 amide bonds. The predicted molar refractivity (Wildman–Crippen MR) is 81.8 cm³/mol. The van der Waals surface area contributed by atoms with E-state index in [0.717, 1.165) is 0 Å². The number of halogens is 2. The van der Waals surface area contributed by atoms with Crippen molar-refractivity contribution in [1.82, 2.24) is 5.32 Å². The molecule has 0 saturated carbocycles. The topological polar surface area (TPSA) is 91.6 Å². The van der Waals surface area contributed by atoms with E-state index < -0.39 is 24.5 Å². The van der Waals surface area contributed by atoms with E-state index in [9.17, 15) is 14.7 Å². The molecule has 8 heteroatoms. The Labute approximate surface area is 136 Å². The Balaban J connectivity index is 2.03. The molecule has 1 unspecified atom stereocenters. The first-order valence-corrected chi connectivity index (χ1v) is 6.98. The number of rotatable bonds is 4. The molecular weight excluding hydrogens is 331 g/mol. The third-order valence-electron chi connectivity index (χ3n) is 2.76. The van der Waals surface area contributed by atoms with Crippen molar-refractivity contribution in [2.24, 2.45) is 0 Å². The van der Waals surface area contributed by atoms with Crippen molar-refractivity contribution in [2.75, 3.05) is 11.9 Å². The third kappa shape index (κ3) is 4.00. The van der Waals surface area contributed by atoms with Gasteiger partial charge in [-0.15, -0.1) is 0 Å². The van der Waals surface area contributed by atoms with E-state index in [1.807, 2.05) is 0 Å². The number of aliphatic hydroxyl groups excluding tert-OH is 1. The van der Waals surface area contributed by atoms with Gasteiger partial charge in [-0.1, -0.05) is 23.2 Å². The maximum Gasteiger partial charge on any atom is 0.313 e. The first-order valence-electron chi connectivity index (χ1n) is 6.22. The summed E-state index contributed by atoms with van der Waals surface area (Å²) in [5.74, 6) is -1.54. The molecule has 0 aliphatic heterocycles. The first kappa shape index (κ1) is 16.4. The van der Waals surface area contributed by atoms with E-state index >= 15 is 0 Å². The lowest BCUT2D eigenvalue weighted by molar-refractivity contribution is -0.136. The Kier molecular flexibility index (Phi) is 5.43. The number of aliphatic hydroxyl groups is 1. The molecule has 0 aliphatic carbocycles. The summed E-state index contributed by atoms with van der Waals surface area (Å²) in [4.78, 5) is 23.7. The monoisotopic (exact) mass is 342 g/mol. The fraction of sp³-hybridized carbons (Fsp3) is 0.143. The van der Waals surface area contributed by atoms with Crippen LogP contribution in [0, 0.1) is 0 Å². The summed E-state index contributed by atoms with van der Waals surface area (Å²) in [5.41, 5.74) is 0.216. The molecule has 0 fully saturated rings. The van der Waals surface area contributed by atoms with Crippen molar-refractivity contribution in [1.29, 1.82) is 0 Å². The summed E-state index contributed by atoms with van der Waals surface area (Å²) >= 11 is 11.7. The highest BCUT2D eigenvalue weighted by atomic mass is 35.5. The Hall–Kier alpha value is -2.02. The Morgan fingerprint density at radius 1 is 1.23 bits per heavy atom. The normalized spacial score (nSPS) is 11.8. The van der Waals surface area contributed by atoms with Gasteiger partial charge in [0.05, 0.1) is 23.6 Å². The van der Waals surface area contributed by atoms with Crippen LogP contribution < -0.4 is 10.6 Å². The van der Waals surface area contributed by atoms with Crippen molar-refractivity contribution >= 4 is 40.7 Å². The van der Waals surface area contributed by atoms with Crippen LogP contribution in [0.15, 0.2) is 41.0 Å². The number of hydrogen-bond donors (Lipinski definition) is 3. The molecule has 6 nitrogen and oxygen atoms in total. The van der Waals surface area contributed by atoms with Crippen LogP contribution in [-0.4, -0.2) is 23.5 Å². The largest absolute Gasteiger partial charge is 0.467 e. The number of nitrogens with one attached hydrogen (secondary N) is 2. The molecule has 1 aromatic heterocycles. The fourth-order valence-corrected chi connectivity index (χ4v) is 2.03. The van der Waals surface area contributed by atoms with Crippen molar-refractivity contribution in [3.8, 4) is 0 Å². The van der Waals surface area contributed by atoms with Crippen molar-refractivity contribution in [2.45, 2.75) is 6.04 Å². The third-order valence-corrected chi connectivity index (χ3v) is 3.32. The molecule has 116 valence electrons. The van der Waals surface area contributed by atoms with Gasteiger partial charge in [0.2, 0.25) is 0 Å². The highest BCUT2D eigenvalue weighted by molar-refractivity contribution is 6.42. The van der Waals surface area contributed by atoms with Gasteiger partial charge in [0.1, 0.15) is 11.8 Å². The fourth-order valence-electron chi connectivity index (χ4n) is 1.69. The quantitative estimate of drug-likeness (QED) is 0.744. The molecule has 0 spiro atoms. The minimum Gasteiger partial charge on any atom is -0.467 e. The van der Waals surface area contributed by atoms with Crippen LogP contribution in [0.25, 0.3) is 0 Å². The number of furan rings is 1. The van der Waals surface area contributed by atoms with E-state index in [2.05, 4.69) is 10.6 Å². The molecule has 0 aliphatic rings. The van der Waals surface area contributed by atoms with Crippen LogP contribution in [-0.2, 0) is 9.59 Å². The Morgan fingerprint density at radius 3 is 2.64 bits per heavy atom. The summed E-state index contributed by atoms with van der Waals surface area (Å²) in [6, 6.07) is 6.84. The smallest absolute Gasteiger partial charge is 0.313 e. The number of carbonyl (C=O) groups excluding carboxylic acids is 2. The number of hydrogen-bond acceptors (Lipinski definition) is 4. The standard InChI is InChI=1S/C14H12Cl2N2O4/c15-8-3-4-9(16)10(6-8)17-13(20)14(21)18-11(7-19)12-2-1-5-22-12/h1-6,11,19H,7H2,(H,17,20)(H,18,21). The zero-order valence-electron chi connectivity index (χ0n) is 11.2. The lowest BCUT2D eigenvalue weighted by Gasteiger charge is -2.14. The molecule has 1 heterocycles. The molecule has 1 atom stereocenters. The molecular formula is C14H12Cl2N2O4. The van der Waals surface area contributed by atoms with Crippen LogP contribution in [0.5, 0.6) is 0 Å². The van der Waals surface area contributed by atoms with Crippen LogP contribution in [0.2, 0.25) is 10.0 Å². The lowest BCUT2D eigenvalue weighted by atomic mass is 10.2. The zero-order valence-corrected chi connectivity index (χ0v) is 12.7. The van der Waals surface area contributed by atoms with Crippen molar-refractivity contribution in [3.05, 3.63) is 52.4 Å². The number of benzene rings is 1. The van der Waals surface area contributed by atoms with Gasteiger partial charge < -0.3 is 20.2 Å². The van der Waals surface area contributed by atoms with E-state index in [4.69, 9.17) is 27.6 Å². The van der Waals surface area contributed by atoms with Crippen LogP contribution in [0.4, 0.5) is 5.69 Å². The second-order valence-corrected chi connectivity index (χ2v) is 5.15. The van der Waals surface area contributed by atoms with Gasteiger partial charge in [0.25, 0.3) is 0 Å². The SMILES string of the molecule is O=C(Nc1cc(Cl)ccc1Cl)C(=O)NC(CO)c1ccco1. The van der Waals surface area contributed by atoms with Gasteiger partial charge in [-0.05, 0) is 30.3 Å². The van der Waals surface area contributed by atoms with Gasteiger partial charge >= 0.3 is 11.8 Å². The number of anilines is 1. The maximum absolute atomic E-state index is 11.9. The number of carbonyl (C=O) groups is 2. The molecule has 2 aromatic rings. The summed E-state index contributed by atoms with van der Waals surface area (Å²) in [6.07, 6.45) is 1.40. The highest BCUT2D eigenvalue weighted by Crippen LogP contribution is 2.25. The van der Waals surface area contributed by atoms with E-state index in [0.29, 0.717) is 10.8 Å². The minimum atomic E-state index is -0.938. The van der Waals surface area contributed by atoms with E-state index in [-0.39, 0.29) is 10.7 Å².